The summed E-state index contributed by atoms with van der Waals surface area (Å²) >= 11 is 0. The van der Waals surface area contributed by atoms with Gasteiger partial charge in [-0.15, -0.1) is 6.42 Å². The molecule has 0 aromatic carbocycles. The zero-order valence-electron chi connectivity index (χ0n) is 9.04. The van der Waals surface area contributed by atoms with Crippen molar-refractivity contribution in [1.29, 1.82) is 0 Å². The average Bonchev–Trinajstić information content (AvgIpc) is 2.46. The Labute approximate surface area is 85.5 Å². The minimum Gasteiger partial charge on any atom is -0.310 e. The van der Waals surface area contributed by atoms with Crippen LogP contribution in [0.5, 0.6) is 0 Å². The highest BCUT2D eigenvalue weighted by molar-refractivity contribution is 5.16. The topological polar surface area (TPSA) is 29.9 Å². The van der Waals surface area contributed by atoms with E-state index in [0.29, 0.717) is 12.6 Å². The van der Waals surface area contributed by atoms with Crippen LogP contribution < -0.4 is 5.32 Å². The SMILES string of the molecule is C#CCn1ncc(CNC(C)C)c1C. The van der Waals surface area contributed by atoms with E-state index in [2.05, 4.69) is 30.2 Å². The first kappa shape index (κ1) is 10.8. The predicted octanol–water partition coefficient (Wildman–Crippen LogP) is 1.32. The Morgan fingerprint density at radius 1 is 1.64 bits per heavy atom. The minimum absolute atomic E-state index is 0.491. The Hall–Kier alpha value is -1.27. The maximum atomic E-state index is 5.23. The third-order valence-corrected chi connectivity index (χ3v) is 2.15. The number of hydrogen-bond acceptors (Lipinski definition) is 2. The van der Waals surface area contributed by atoms with Gasteiger partial charge in [-0.25, -0.2) is 0 Å². The van der Waals surface area contributed by atoms with Gasteiger partial charge in [-0.1, -0.05) is 19.8 Å². The molecule has 1 aromatic heterocycles. The van der Waals surface area contributed by atoms with Crippen LogP contribution in [0.25, 0.3) is 0 Å². The lowest BCUT2D eigenvalue weighted by molar-refractivity contribution is 0.586. The summed E-state index contributed by atoms with van der Waals surface area (Å²) in [6.45, 7) is 7.70. The molecule has 76 valence electrons. The number of rotatable bonds is 4. The van der Waals surface area contributed by atoms with Crippen molar-refractivity contribution in [3.05, 3.63) is 17.5 Å². The van der Waals surface area contributed by atoms with E-state index in [-0.39, 0.29) is 0 Å². The second-order valence-corrected chi connectivity index (χ2v) is 3.65. The molecule has 1 rings (SSSR count). The van der Waals surface area contributed by atoms with Crippen LogP contribution in [0.15, 0.2) is 6.20 Å². The summed E-state index contributed by atoms with van der Waals surface area (Å²) in [4.78, 5) is 0. The Balaban J connectivity index is 2.65. The highest BCUT2D eigenvalue weighted by Crippen LogP contribution is 2.06. The smallest absolute Gasteiger partial charge is 0.102 e. The number of terminal acetylenes is 1. The molecule has 0 unspecified atom stereocenters. The van der Waals surface area contributed by atoms with Gasteiger partial charge in [0.15, 0.2) is 0 Å². The third kappa shape index (κ3) is 2.61. The lowest BCUT2D eigenvalue weighted by Gasteiger charge is -2.07. The van der Waals surface area contributed by atoms with Crippen molar-refractivity contribution in [1.82, 2.24) is 15.1 Å². The molecule has 0 aliphatic heterocycles. The average molecular weight is 191 g/mol. The fraction of sp³-hybridized carbons (Fsp3) is 0.545. The van der Waals surface area contributed by atoms with Crippen molar-refractivity contribution in [2.24, 2.45) is 0 Å². The number of nitrogens with one attached hydrogen (secondary N) is 1. The summed E-state index contributed by atoms with van der Waals surface area (Å²) in [5.74, 6) is 2.58. The molecule has 1 aromatic rings. The van der Waals surface area contributed by atoms with Gasteiger partial charge in [-0.3, -0.25) is 4.68 Å². The van der Waals surface area contributed by atoms with Gasteiger partial charge in [0.1, 0.15) is 6.54 Å². The molecule has 0 atom stereocenters. The Kier molecular flexibility index (Phi) is 3.73. The molecule has 0 aliphatic rings. The first-order chi connectivity index (χ1) is 6.65. The van der Waals surface area contributed by atoms with E-state index in [9.17, 15) is 0 Å². The lowest BCUT2D eigenvalue weighted by Crippen LogP contribution is -2.22. The van der Waals surface area contributed by atoms with Crippen LogP contribution in [0.2, 0.25) is 0 Å². The zero-order chi connectivity index (χ0) is 10.6. The molecule has 0 radical (unpaired) electrons. The van der Waals surface area contributed by atoms with Crippen molar-refractivity contribution >= 4 is 0 Å². The van der Waals surface area contributed by atoms with Crippen LogP contribution in [0.3, 0.4) is 0 Å². The fourth-order valence-corrected chi connectivity index (χ4v) is 1.22. The van der Waals surface area contributed by atoms with Gasteiger partial charge in [0.2, 0.25) is 0 Å². The van der Waals surface area contributed by atoms with Gasteiger partial charge in [0.05, 0.1) is 6.20 Å². The van der Waals surface area contributed by atoms with Crippen LogP contribution in [0.1, 0.15) is 25.1 Å². The quantitative estimate of drug-likeness (QED) is 0.727. The van der Waals surface area contributed by atoms with Gasteiger partial charge in [-0.2, -0.15) is 5.10 Å². The standard InChI is InChI=1S/C11H17N3/c1-5-6-14-10(4)11(8-13-14)7-12-9(2)3/h1,8-9,12H,6-7H2,2-4H3. The summed E-state index contributed by atoms with van der Waals surface area (Å²) in [5.41, 5.74) is 2.37. The van der Waals surface area contributed by atoms with E-state index in [1.54, 1.807) is 0 Å². The Morgan fingerprint density at radius 2 is 2.36 bits per heavy atom. The van der Waals surface area contributed by atoms with Crippen LogP contribution in [0, 0.1) is 19.3 Å². The van der Waals surface area contributed by atoms with Crippen LogP contribution in [-0.2, 0) is 13.1 Å². The fourth-order valence-electron chi connectivity index (χ4n) is 1.22. The molecule has 1 heterocycles. The normalized spacial score (nSPS) is 10.5. The molecular formula is C11H17N3. The Morgan fingerprint density at radius 3 is 2.93 bits per heavy atom. The number of nitrogens with zero attached hydrogens (tertiary/aromatic N) is 2. The molecule has 0 spiro atoms. The molecule has 0 aliphatic carbocycles. The van der Waals surface area contributed by atoms with Gasteiger partial charge < -0.3 is 5.32 Å². The van der Waals surface area contributed by atoms with E-state index in [1.165, 1.54) is 5.56 Å². The summed E-state index contributed by atoms with van der Waals surface area (Å²) in [5, 5.41) is 7.57. The molecule has 0 bridgehead atoms. The molecule has 3 heteroatoms. The first-order valence-electron chi connectivity index (χ1n) is 4.83. The summed E-state index contributed by atoms with van der Waals surface area (Å²) in [6.07, 6.45) is 7.11. The summed E-state index contributed by atoms with van der Waals surface area (Å²) in [7, 11) is 0. The minimum atomic E-state index is 0.491. The first-order valence-corrected chi connectivity index (χ1v) is 4.83. The molecule has 0 saturated heterocycles. The monoisotopic (exact) mass is 191 g/mol. The number of hydrogen-bond donors (Lipinski definition) is 1. The van der Waals surface area contributed by atoms with Crippen molar-refractivity contribution in [2.45, 2.75) is 39.9 Å². The van der Waals surface area contributed by atoms with E-state index in [1.807, 2.05) is 17.8 Å². The zero-order valence-corrected chi connectivity index (χ0v) is 9.04. The molecule has 0 fully saturated rings. The molecular weight excluding hydrogens is 174 g/mol. The Bertz CT molecular complexity index is 331. The molecule has 14 heavy (non-hydrogen) atoms. The maximum absolute atomic E-state index is 5.23. The highest BCUT2D eigenvalue weighted by Gasteiger charge is 2.05. The largest absolute Gasteiger partial charge is 0.310 e. The molecule has 1 N–H and O–H groups in total. The van der Waals surface area contributed by atoms with Crippen LogP contribution >= 0.6 is 0 Å². The summed E-state index contributed by atoms with van der Waals surface area (Å²) < 4.78 is 1.84. The predicted molar refractivity (Wildman–Crippen MR) is 57.8 cm³/mol. The molecule has 3 nitrogen and oxygen atoms in total. The van der Waals surface area contributed by atoms with E-state index in [0.717, 1.165) is 12.2 Å². The van der Waals surface area contributed by atoms with Gasteiger partial charge in [-0.05, 0) is 6.92 Å². The highest BCUT2D eigenvalue weighted by atomic mass is 15.3. The second kappa shape index (κ2) is 4.83. The van der Waals surface area contributed by atoms with Gasteiger partial charge in [0, 0.05) is 23.8 Å². The van der Waals surface area contributed by atoms with Crippen molar-refractivity contribution in [3.63, 3.8) is 0 Å². The lowest BCUT2D eigenvalue weighted by atomic mass is 10.2. The van der Waals surface area contributed by atoms with E-state index in [4.69, 9.17) is 6.42 Å². The maximum Gasteiger partial charge on any atom is 0.102 e. The van der Waals surface area contributed by atoms with E-state index < -0.39 is 0 Å². The van der Waals surface area contributed by atoms with E-state index >= 15 is 0 Å². The second-order valence-electron chi connectivity index (χ2n) is 3.65. The van der Waals surface area contributed by atoms with Gasteiger partial charge >= 0.3 is 0 Å². The number of aromatic nitrogens is 2. The summed E-state index contributed by atoms with van der Waals surface area (Å²) in [6, 6.07) is 0.491. The van der Waals surface area contributed by atoms with Crippen molar-refractivity contribution < 1.29 is 0 Å². The molecule has 0 amide bonds. The van der Waals surface area contributed by atoms with Gasteiger partial charge in [0.25, 0.3) is 0 Å². The van der Waals surface area contributed by atoms with Crippen LogP contribution in [0.4, 0.5) is 0 Å². The van der Waals surface area contributed by atoms with Crippen molar-refractivity contribution in [2.75, 3.05) is 0 Å². The third-order valence-electron chi connectivity index (χ3n) is 2.15. The van der Waals surface area contributed by atoms with Crippen LogP contribution in [-0.4, -0.2) is 15.8 Å². The molecule has 0 saturated carbocycles. The van der Waals surface area contributed by atoms with Crippen molar-refractivity contribution in [3.8, 4) is 12.3 Å².